The maximum Gasteiger partial charge on any atom is 0.331 e. The molecule has 64 valence electrons. The number of aliphatic hydroxyl groups excluding tert-OH is 3. The largest absolute Gasteiger partial charge is 0.509 e. The molecular formula is C6H10O5. The van der Waals surface area contributed by atoms with Crippen LogP contribution in [0.4, 0.5) is 0 Å². The first-order chi connectivity index (χ1) is 4.95. The van der Waals surface area contributed by atoms with E-state index >= 15 is 0 Å². The molecule has 0 aliphatic carbocycles. The van der Waals surface area contributed by atoms with Gasteiger partial charge in [0.2, 0.25) is 0 Å². The van der Waals surface area contributed by atoms with Crippen LogP contribution in [0.2, 0.25) is 0 Å². The van der Waals surface area contributed by atoms with Gasteiger partial charge in [0.05, 0.1) is 12.2 Å². The minimum atomic E-state index is -1.54. The van der Waals surface area contributed by atoms with Gasteiger partial charge in [-0.25, -0.2) is 4.79 Å². The predicted octanol–water partition coefficient (Wildman–Crippen LogP) is -0.745. The molecule has 0 aliphatic rings. The van der Waals surface area contributed by atoms with Gasteiger partial charge in [-0.1, -0.05) is 0 Å². The van der Waals surface area contributed by atoms with E-state index in [1.807, 2.05) is 0 Å². The molecular weight excluding hydrogens is 152 g/mol. The standard InChI is InChI=1S/C6H10O5/c1-3(7)6(11)4(8)2-5(9)10/h2-3,6-8,11H,1H3,(H,9,10)/b4-2-. The summed E-state index contributed by atoms with van der Waals surface area (Å²) >= 11 is 0. The number of aliphatic hydroxyl groups is 3. The Morgan fingerprint density at radius 2 is 1.82 bits per heavy atom. The first-order valence-corrected chi connectivity index (χ1v) is 2.94. The van der Waals surface area contributed by atoms with Crippen molar-refractivity contribution in [2.75, 3.05) is 0 Å². The number of hydrogen-bond donors (Lipinski definition) is 4. The summed E-state index contributed by atoms with van der Waals surface area (Å²) in [4.78, 5) is 9.91. The lowest BCUT2D eigenvalue weighted by molar-refractivity contribution is -0.131. The normalized spacial score (nSPS) is 17.5. The van der Waals surface area contributed by atoms with Gasteiger partial charge in [0.25, 0.3) is 0 Å². The third-order valence-corrected chi connectivity index (χ3v) is 1.03. The third kappa shape index (κ3) is 3.59. The zero-order valence-electron chi connectivity index (χ0n) is 5.93. The molecule has 0 fully saturated rings. The van der Waals surface area contributed by atoms with Gasteiger partial charge in [0.15, 0.2) is 0 Å². The van der Waals surface area contributed by atoms with E-state index in [0.717, 1.165) is 0 Å². The summed E-state index contributed by atoms with van der Waals surface area (Å²) in [7, 11) is 0. The molecule has 0 bridgehead atoms. The van der Waals surface area contributed by atoms with Gasteiger partial charge >= 0.3 is 5.97 Å². The molecule has 5 nitrogen and oxygen atoms in total. The maximum absolute atomic E-state index is 9.91. The Hall–Kier alpha value is -1.07. The summed E-state index contributed by atoms with van der Waals surface area (Å²) in [6, 6.07) is 0. The monoisotopic (exact) mass is 162 g/mol. The molecule has 4 N–H and O–H groups in total. The van der Waals surface area contributed by atoms with Crippen LogP contribution in [-0.2, 0) is 4.79 Å². The van der Waals surface area contributed by atoms with Crippen LogP contribution in [-0.4, -0.2) is 38.6 Å². The Morgan fingerprint density at radius 1 is 1.36 bits per heavy atom. The molecule has 0 aromatic heterocycles. The van der Waals surface area contributed by atoms with Crippen LogP contribution < -0.4 is 0 Å². The van der Waals surface area contributed by atoms with Crippen molar-refractivity contribution < 1.29 is 25.2 Å². The molecule has 0 radical (unpaired) electrons. The van der Waals surface area contributed by atoms with E-state index in [9.17, 15) is 4.79 Å². The molecule has 0 heterocycles. The number of hydrogen-bond acceptors (Lipinski definition) is 4. The zero-order valence-corrected chi connectivity index (χ0v) is 5.93. The molecule has 2 unspecified atom stereocenters. The summed E-state index contributed by atoms with van der Waals surface area (Å²) in [5.74, 6) is -2.13. The Balaban J connectivity index is 4.23. The molecule has 5 heteroatoms. The molecule has 11 heavy (non-hydrogen) atoms. The van der Waals surface area contributed by atoms with Crippen molar-refractivity contribution in [3.8, 4) is 0 Å². The lowest BCUT2D eigenvalue weighted by Gasteiger charge is -2.11. The van der Waals surface area contributed by atoms with E-state index < -0.39 is 23.9 Å². The molecule has 0 saturated carbocycles. The van der Waals surface area contributed by atoms with E-state index in [1.54, 1.807) is 0 Å². The Morgan fingerprint density at radius 3 is 2.09 bits per heavy atom. The van der Waals surface area contributed by atoms with Gasteiger partial charge in [0.1, 0.15) is 11.9 Å². The van der Waals surface area contributed by atoms with E-state index in [-0.39, 0.29) is 0 Å². The van der Waals surface area contributed by atoms with Crippen molar-refractivity contribution >= 4 is 5.97 Å². The second-order valence-corrected chi connectivity index (χ2v) is 2.09. The summed E-state index contributed by atoms with van der Waals surface area (Å²) in [5.41, 5.74) is 0. The van der Waals surface area contributed by atoms with Gasteiger partial charge in [-0.05, 0) is 6.92 Å². The highest BCUT2D eigenvalue weighted by atomic mass is 16.4. The first kappa shape index (κ1) is 9.93. The summed E-state index contributed by atoms with van der Waals surface area (Å²) in [6.45, 7) is 1.23. The summed E-state index contributed by atoms with van der Waals surface area (Å²) in [6.07, 6.45) is -2.30. The number of rotatable bonds is 3. The molecule has 2 atom stereocenters. The summed E-state index contributed by atoms with van der Waals surface area (Å²) < 4.78 is 0. The SMILES string of the molecule is CC(O)C(O)/C(O)=C/C(=O)O. The van der Waals surface area contributed by atoms with Crippen molar-refractivity contribution in [2.45, 2.75) is 19.1 Å². The highest BCUT2D eigenvalue weighted by molar-refractivity contribution is 5.80. The van der Waals surface area contributed by atoms with Crippen LogP contribution in [0, 0.1) is 0 Å². The van der Waals surface area contributed by atoms with E-state index in [0.29, 0.717) is 6.08 Å². The van der Waals surface area contributed by atoms with Crippen molar-refractivity contribution in [1.29, 1.82) is 0 Å². The summed E-state index contributed by atoms with van der Waals surface area (Å²) in [5, 5.41) is 34.3. The van der Waals surface area contributed by atoms with E-state index in [4.69, 9.17) is 20.4 Å². The Bertz CT molecular complexity index is 172. The van der Waals surface area contributed by atoms with Gasteiger partial charge in [-0.2, -0.15) is 0 Å². The maximum atomic E-state index is 9.91. The second-order valence-electron chi connectivity index (χ2n) is 2.09. The van der Waals surface area contributed by atoms with Crippen molar-refractivity contribution in [3.63, 3.8) is 0 Å². The van der Waals surface area contributed by atoms with Crippen LogP contribution in [0.25, 0.3) is 0 Å². The number of carboxylic acid groups (broad SMARTS) is 1. The van der Waals surface area contributed by atoms with Crippen molar-refractivity contribution in [2.24, 2.45) is 0 Å². The van der Waals surface area contributed by atoms with Gasteiger partial charge in [-0.15, -0.1) is 0 Å². The van der Waals surface area contributed by atoms with Crippen molar-refractivity contribution in [3.05, 3.63) is 11.8 Å². The highest BCUT2D eigenvalue weighted by Crippen LogP contribution is 2.02. The topological polar surface area (TPSA) is 98.0 Å². The fourth-order valence-corrected chi connectivity index (χ4v) is 0.459. The van der Waals surface area contributed by atoms with Crippen LogP contribution in [0.5, 0.6) is 0 Å². The van der Waals surface area contributed by atoms with E-state index in [1.165, 1.54) is 6.92 Å². The van der Waals surface area contributed by atoms with Gasteiger partial charge in [-0.3, -0.25) is 0 Å². The smallest absolute Gasteiger partial charge is 0.331 e. The average Bonchev–Trinajstić information content (AvgIpc) is 1.84. The number of aliphatic carboxylic acids is 1. The van der Waals surface area contributed by atoms with Gasteiger partial charge < -0.3 is 20.4 Å². The van der Waals surface area contributed by atoms with Crippen LogP contribution in [0.3, 0.4) is 0 Å². The molecule has 0 aromatic carbocycles. The van der Waals surface area contributed by atoms with Crippen LogP contribution in [0.1, 0.15) is 6.92 Å². The Labute approximate surface area is 63.2 Å². The van der Waals surface area contributed by atoms with Gasteiger partial charge in [0, 0.05) is 0 Å². The fourth-order valence-electron chi connectivity index (χ4n) is 0.459. The molecule has 0 aliphatic heterocycles. The number of carbonyl (C=O) groups is 1. The minimum absolute atomic E-state index is 0.428. The quantitative estimate of drug-likeness (QED) is 0.323. The lowest BCUT2D eigenvalue weighted by Crippen LogP contribution is -2.25. The average molecular weight is 162 g/mol. The van der Waals surface area contributed by atoms with Crippen LogP contribution >= 0.6 is 0 Å². The van der Waals surface area contributed by atoms with Crippen molar-refractivity contribution in [1.82, 2.24) is 0 Å². The molecule has 0 spiro atoms. The predicted molar refractivity (Wildman–Crippen MR) is 36.0 cm³/mol. The lowest BCUT2D eigenvalue weighted by atomic mass is 10.2. The minimum Gasteiger partial charge on any atom is -0.509 e. The Kier molecular flexibility index (Phi) is 3.56. The zero-order chi connectivity index (χ0) is 9.02. The first-order valence-electron chi connectivity index (χ1n) is 2.94. The second kappa shape index (κ2) is 3.95. The highest BCUT2D eigenvalue weighted by Gasteiger charge is 2.16. The van der Waals surface area contributed by atoms with E-state index in [2.05, 4.69) is 0 Å². The molecule has 0 aromatic rings. The molecule has 0 amide bonds. The fraction of sp³-hybridized carbons (Fsp3) is 0.500. The third-order valence-electron chi connectivity index (χ3n) is 1.03. The molecule has 0 saturated heterocycles. The molecule has 0 rings (SSSR count). The van der Waals surface area contributed by atoms with Crippen LogP contribution in [0.15, 0.2) is 11.8 Å². The number of carboxylic acids is 1.